The molecule has 6 rings (SSSR count). The minimum atomic E-state index is -0.118. The van der Waals surface area contributed by atoms with Crippen molar-refractivity contribution in [2.45, 2.75) is 31.7 Å². The van der Waals surface area contributed by atoms with Crippen LogP contribution in [0.3, 0.4) is 0 Å². The Morgan fingerprint density at radius 1 is 0.868 bits per heavy atom. The molecule has 1 fully saturated rings. The molecule has 0 radical (unpaired) electrons. The fourth-order valence-electron chi connectivity index (χ4n) is 5.76. The molecule has 1 amide bonds. The first-order valence-corrected chi connectivity index (χ1v) is 13.3. The van der Waals surface area contributed by atoms with Crippen LogP contribution in [0, 0.1) is 5.92 Å². The number of hydrogen-bond acceptors (Lipinski definition) is 6. The number of fused-ring (bicyclic) bond motifs is 4. The lowest BCUT2D eigenvalue weighted by Gasteiger charge is -2.29. The predicted octanol–water partition coefficient (Wildman–Crippen LogP) is 5.31. The average molecular weight is 506 g/mol. The lowest BCUT2D eigenvalue weighted by atomic mass is 9.86. The predicted molar refractivity (Wildman–Crippen MR) is 151 cm³/mol. The van der Waals surface area contributed by atoms with Gasteiger partial charge in [0.15, 0.2) is 5.78 Å². The van der Waals surface area contributed by atoms with Crippen LogP contribution in [-0.4, -0.2) is 48.3 Å². The van der Waals surface area contributed by atoms with E-state index in [-0.39, 0.29) is 11.7 Å². The molecule has 7 heteroatoms. The Hall–Kier alpha value is -4.26. The zero-order valence-electron chi connectivity index (χ0n) is 21.7. The van der Waals surface area contributed by atoms with E-state index < -0.39 is 0 Å². The van der Waals surface area contributed by atoms with Crippen LogP contribution >= 0.6 is 0 Å². The van der Waals surface area contributed by atoms with Gasteiger partial charge in [0.1, 0.15) is 5.82 Å². The van der Waals surface area contributed by atoms with Crippen LogP contribution in [0.2, 0.25) is 0 Å². The van der Waals surface area contributed by atoms with Crippen LogP contribution in [0.15, 0.2) is 66.7 Å². The number of rotatable bonds is 6. The Kier molecular flexibility index (Phi) is 6.27. The SMILES string of the molecule is CN(C)c1nc(N[C@H]2CC[C@@H](CNC(=O)c3cccc4c3-c3ccccc3C4=O)CC2)nc2ccccc12. The summed E-state index contributed by atoms with van der Waals surface area (Å²) in [7, 11) is 4.00. The molecule has 3 aromatic carbocycles. The molecule has 0 unspecified atom stereocenters. The van der Waals surface area contributed by atoms with Crippen LogP contribution in [0.4, 0.5) is 11.8 Å². The summed E-state index contributed by atoms with van der Waals surface area (Å²) in [5.74, 6) is 1.86. The quantitative estimate of drug-likeness (QED) is 0.325. The molecule has 2 N–H and O–H groups in total. The fraction of sp³-hybridized carbons (Fsp3) is 0.290. The summed E-state index contributed by atoms with van der Waals surface area (Å²) in [5.41, 5.74) is 4.38. The molecule has 0 bridgehead atoms. The van der Waals surface area contributed by atoms with Gasteiger partial charge >= 0.3 is 0 Å². The number of amides is 1. The molecule has 0 aliphatic heterocycles. The molecular formula is C31H31N5O2. The van der Waals surface area contributed by atoms with Gasteiger partial charge in [-0.3, -0.25) is 9.59 Å². The molecule has 1 heterocycles. The van der Waals surface area contributed by atoms with Gasteiger partial charge in [-0.15, -0.1) is 0 Å². The molecule has 2 aliphatic carbocycles. The number of carbonyl (C=O) groups is 2. The zero-order valence-corrected chi connectivity index (χ0v) is 21.7. The number of nitrogens with zero attached hydrogens (tertiary/aromatic N) is 3. The van der Waals surface area contributed by atoms with Crippen LogP contribution < -0.4 is 15.5 Å². The molecule has 7 nitrogen and oxygen atoms in total. The van der Waals surface area contributed by atoms with Crippen molar-refractivity contribution < 1.29 is 9.59 Å². The number of ketones is 1. The summed E-state index contributed by atoms with van der Waals surface area (Å²) >= 11 is 0. The van der Waals surface area contributed by atoms with Crippen LogP contribution in [0.25, 0.3) is 22.0 Å². The van der Waals surface area contributed by atoms with Gasteiger partial charge in [0.2, 0.25) is 5.95 Å². The highest BCUT2D eigenvalue weighted by atomic mass is 16.1. The first kappa shape index (κ1) is 24.1. The zero-order chi connectivity index (χ0) is 26.2. The summed E-state index contributed by atoms with van der Waals surface area (Å²) in [6.45, 7) is 0.627. The van der Waals surface area contributed by atoms with Gasteiger partial charge in [-0.2, -0.15) is 4.98 Å². The number of nitrogens with one attached hydrogen (secondary N) is 2. The smallest absolute Gasteiger partial charge is 0.251 e. The van der Waals surface area contributed by atoms with Gasteiger partial charge in [0.05, 0.1) is 5.52 Å². The van der Waals surface area contributed by atoms with Crippen molar-refractivity contribution in [1.29, 1.82) is 0 Å². The van der Waals surface area contributed by atoms with Gasteiger partial charge in [-0.05, 0) is 55.4 Å². The molecule has 192 valence electrons. The summed E-state index contributed by atoms with van der Waals surface area (Å²) in [5, 5.41) is 7.74. The van der Waals surface area contributed by atoms with Crippen molar-refractivity contribution >= 4 is 34.4 Å². The highest BCUT2D eigenvalue weighted by molar-refractivity contribution is 6.24. The van der Waals surface area contributed by atoms with E-state index in [0.29, 0.717) is 41.1 Å². The van der Waals surface area contributed by atoms with E-state index in [1.54, 1.807) is 6.07 Å². The van der Waals surface area contributed by atoms with Crippen molar-refractivity contribution in [3.63, 3.8) is 0 Å². The van der Waals surface area contributed by atoms with Crippen molar-refractivity contribution in [2.75, 3.05) is 30.9 Å². The minimum absolute atomic E-state index is 0.0100. The van der Waals surface area contributed by atoms with Gasteiger partial charge in [-0.25, -0.2) is 4.98 Å². The van der Waals surface area contributed by atoms with Crippen molar-refractivity contribution in [3.8, 4) is 11.1 Å². The largest absolute Gasteiger partial charge is 0.362 e. The summed E-state index contributed by atoms with van der Waals surface area (Å²) in [6, 6.07) is 21.3. The Labute approximate surface area is 222 Å². The number of benzene rings is 3. The standard InChI is InChI=1S/C31H31N5O2/c1-36(2)29-23-10-5-6-13-26(23)34-31(35-29)33-20-16-14-19(15-17-20)18-32-30(38)25-12-7-11-24-27(25)21-8-3-4-9-22(21)28(24)37/h3-13,19-20H,14-18H2,1-2H3,(H,32,38)(H,33,34,35)/t19-,20+. The number of anilines is 2. The van der Waals surface area contributed by atoms with Crippen LogP contribution in [0.1, 0.15) is 52.0 Å². The molecule has 1 saturated carbocycles. The lowest BCUT2D eigenvalue weighted by Crippen LogP contribution is -2.34. The molecule has 2 aliphatic rings. The molecule has 0 spiro atoms. The van der Waals surface area contributed by atoms with Gasteiger partial charge in [0, 0.05) is 54.3 Å². The first-order valence-electron chi connectivity index (χ1n) is 13.3. The Balaban J connectivity index is 1.08. The Bertz CT molecular complexity index is 1540. The van der Waals surface area contributed by atoms with E-state index in [1.165, 1.54) is 0 Å². The Morgan fingerprint density at radius 2 is 1.58 bits per heavy atom. The van der Waals surface area contributed by atoms with Crippen LogP contribution in [0.5, 0.6) is 0 Å². The van der Waals surface area contributed by atoms with E-state index in [0.717, 1.165) is 53.5 Å². The van der Waals surface area contributed by atoms with Gasteiger partial charge in [-0.1, -0.05) is 48.5 Å². The monoisotopic (exact) mass is 505 g/mol. The summed E-state index contributed by atoms with van der Waals surface area (Å²) < 4.78 is 0. The molecule has 0 atom stereocenters. The number of carbonyl (C=O) groups excluding carboxylic acids is 2. The lowest BCUT2D eigenvalue weighted by molar-refractivity contribution is 0.0944. The van der Waals surface area contributed by atoms with E-state index in [2.05, 4.69) is 10.6 Å². The molecule has 4 aromatic rings. The average Bonchev–Trinajstić information content (AvgIpc) is 3.24. The third-order valence-electron chi connectivity index (χ3n) is 7.73. The van der Waals surface area contributed by atoms with E-state index >= 15 is 0 Å². The number of para-hydroxylation sites is 1. The minimum Gasteiger partial charge on any atom is -0.362 e. The number of aromatic nitrogens is 2. The second-order valence-corrected chi connectivity index (χ2v) is 10.5. The van der Waals surface area contributed by atoms with Crippen molar-refractivity contribution in [1.82, 2.24) is 15.3 Å². The number of hydrogen-bond donors (Lipinski definition) is 2. The second-order valence-electron chi connectivity index (χ2n) is 10.5. The van der Waals surface area contributed by atoms with Crippen LogP contribution in [-0.2, 0) is 0 Å². The molecular weight excluding hydrogens is 474 g/mol. The third kappa shape index (κ3) is 4.38. The van der Waals surface area contributed by atoms with Gasteiger partial charge in [0.25, 0.3) is 5.91 Å². The van der Waals surface area contributed by atoms with E-state index in [4.69, 9.17) is 9.97 Å². The maximum absolute atomic E-state index is 13.2. The molecule has 0 saturated heterocycles. The van der Waals surface area contributed by atoms with Crippen molar-refractivity contribution in [3.05, 3.63) is 83.4 Å². The van der Waals surface area contributed by atoms with Gasteiger partial charge < -0.3 is 15.5 Å². The Morgan fingerprint density at radius 3 is 2.37 bits per heavy atom. The summed E-state index contributed by atoms with van der Waals surface area (Å²) in [6.07, 6.45) is 4.02. The highest BCUT2D eigenvalue weighted by Gasteiger charge is 2.30. The summed E-state index contributed by atoms with van der Waals surface area (Å²) in [4.78, 5) is 37.5. The fourth-order valence-corrected chi connectivity index (χ4v) is 5.76. The highest BCUT2D eigenvalue weighted by Crippen LogP contribution is 2.38. The maximum atomic E-state index is 13.2. The topological polar surface area (TPSA) is 87.2 Å². The first-order chi connectivity index (χ1) is 18.5. The maximum Gasteiger partial charge on any atom is 0.251 e. The molecule has 1 aromatic heterocycles. The molecule has 38 heavy (non-hydrogen) atoms. The van der Waals surface area contributed by atoms with E-state index in [9.17, 15) is 9.59 Å². The normalized spacial score (nSPS) is 18.1. The third-order valence-corrected chi connectivity index (χ3v) is 7.73. The van der Waals surface area contributed by atoms with E-state index in [1.807, 2.05) is 79.7 Å². The second kappa shape index (κ2) is 9.89. The van der Waals surface area contributed by atoms with Crippen molar-refractivity contribution in [2.24, 2.45) is 5.92 Å².